The molecular formula is C22H25BrN2O2S. The van der Waals surface area contributed by atoms with Crippen molar-refractivity contribution in [2.24, 2.45) is 5.92 Å². The number of anilines is 1. The van der Waals surface area contributed by atoms with Gasteiger partial charge in [0, 0.05) is 21.6 Å². The van der Waals surface area contributed by atoms with E-state index >= 15 is 0 Å². The largest absolute Gasteiger partial charge is 0.355 e. The van der Waals surface area contributed by atoms with Crippen LogP contribution in [0.25, 0.3) is 0 Å². The van der Waals surface area contributed by atoms with Crippen molar-refractivity contribution in [2.75, 3.05) is 17.6 Å². The summed E-state index contributed by atoms with van der Waals surface area (Å²) >= 11 is 4.81. The van der Waals surface area contributed by atoms with Crippen LogP contribution in [-0.2, 0) is 4.79 Å². The summed E-state index contributed by atoms with van der Waals surface area (Å²) in [6, 6.07) is 14.9. The van der Waals surface area contributed by atoms with Gasteiger partial charge < -0.3 is 10.6 Å². The Kier molecular flexibility index (Phi) is 7.98. The van der Waals surface area contributed by atoms with Crippen LogP contribution < -0.4 is 10.6 Å². The van der Waals surface area contributed by atoms with Gasteiger partial charge in [0.15, 0.2) is 0 Å². The van der Waals surface area contributed by atoms with Gasteiger partial charge in [-0.1, -0.05) is 53.4 Å². The van der Waals surface area contributed by atoms with Crippen LogP contribution in [-0.4, -0.2) is 24.1 Å². The van der Waals surface area contributed by atoms with Crippen molar-refractivity contribution in [1.29, 1.82) is 0 Å². The van der Waals surface area contributed by atoms with Crippen molar-refractivity contribution in [1.82, 2.24) is 5.32 Å². The van der Waals surface area contributed by atoms with E-state index in [-0.39, 0.29) is 11.8 Å². The number of halogens is 1. The minimum absolute atomic E-state index is 0.0257. The summed E-state index contributed by atoms with van der Waals surface area (Å²) in [7, 11) is 0. The second kappa shape index (κ2) is 10.7. The maximum absolute atomic E-state index is 12.7. The summed E-state index contributed by atoms with van der Waals surface area (Å²) < 4.78 is 0.905. The van der Waals surface area contributed by atoms with Crippen molar-refractivity contribution in [3.8, 4) is 0 Å². The number of benzene rings is 2. The third-order valence-corrected chi connectivity index (χ3v) is 6.45. The van der Waals surface area contributed by atoms with Crippen LogP contribution in [0.15, 0.2) is 57.9 Å². The highest BCUT2D eigenvalue weighted by atomic mass is 79.9. The van der Waals surface area contributed by atoms with Crippen LogP contribution in [0.2, 0.25) is 0 Å². The maximum Gasteiger partial charge on any atom is 0.256 e. The van der Waals surface area contributed by atoms with Gasteiger partial charge in [-0.2, -0.15) is 0 Å². The lowest BCUT2D eigenvalue weighted by Crippen LogP contribution is -2.31. The SMILES string of the molecule is O=C(CSc1ccccc1C(=O)Nc1cccc(Br)c1)NCC1CCCCC1. The highest BCUT2D eigenvalue weighted by Crippen LogP contribution is 2.25. The Morgan fingerprint density at radius 3 is 2.61 bits per heavy atom. The van der Waals surface area contributed by atoms with E-state index < -0.39 is 0 Å². The Labute approximate surface area is 179 Å². The summed E-state index contributed by atoms with van der Waals surface area (Å²) in [6.45, 7) is 0.768. The molecule has 0 saturated heterocycles. The molecule has 0 bridgehead atoms. The van der Waals surface area contributed by atoms with Gasteiger partial charge in [0.25, 0.3) is 5.91 Å². The van der Waals surface area contributed by atoms with Crippen LogP contribution in [0.3, 0.4) is 0 Å². The maximum atomic E-state index is 12.7. The molecular weight excluding hydrogens is 436 g/mol. The van der Waals surface area contributed by atoms with E-state index in [4.69, 9.17) is 0 Å². The summed E-state index contributed by atoms with van der Waals surface area (Å²) in [5.41, 5.74) is 1.30. The zero-order chi connectivity index (χ0) is 19.8. The van der Waals surface area contributed by atoms with Crippen LogP contribution in [0, 0.1) is 5.92 Å². The number of amides is 2. The number of hydrogen-bond acceptors (Lipinski definition) is 3. The Bertz CT molecular complexity index is 822. The fourth-order valence-corrected chi connectivity index (χ4v) is 4.67. The number of nitrogens with one attached hydrogen (secondary N) is 2. The standard InChI is InChI=1S/C22H25BrN2O2S/c23-17-9-6-10-18(13-17)25-22(27)19-11-4-5-12-20(19)28-15-21(26)24-14-16-7-2-1-3-8-16/h4-6,9-13,16H,1-3,7-8,14-15H2,(H,24,26)(H,25,27). The summed E-state index contributed by atoms with van der Waals surface area (Å²) in [4.78, 5) is 25.7. The molecule has 0 aromatic heterocycles. The van der Waals surface area contributed by atoms with Crippen LogP contribution in [0.5, 0.6) is 0 Å². The molecule has 0 aliphatic heterocycles. The van der Waals surface area contributed by atoms with Gasteiger partial charge >= 0.3 is 0 Å². The van der Waals surface area contributed by atoms with Crippen LogP contribution >= 0.6 is 27.7 Å². The molecule has 1 fully saturated rings. The average Bonchev–Trinajstić information content (AvgIpc) is 2.71. The molecule has 0 heterocycles. The Hall–Kier alpha value is -1.79. The number of hydrogen-bond donors (Lipinski definition) is 2. The van der Waals surface area contributed by atoms with Gasteiger partial charge in [-0.05, 0) is 49.1 Å². The van der Waals surface area contributed by atoms with E-state index in [1.165, 1.54) is 43.9 Å². The van der Waals surface area contributed by atoms with Gasteiger partial charge in [-0.15, -0.1) is 11.8 Å². The molecule has 2 N–H and O–H groups in total. The Balaban J connectivity index is 1.54. The zero-order valence-corrected chi connectivity index (χ0v) is 18.2. The normalized spacial score (nSPS) is 14.5. The molecule has 148 valence electrons. The van der Waals surface area contributed by atoms with Crippen molar-refractivity contribution in [3.63, 3.8) is 0 Å². The molecule has 0 atom stereocenters. The van der Waals surface area contributed by atoms with E-state index in [1.54, 1.807) is 6.07 Å². The van der Waals surface area contributed by atoms with Gasteiger partial charge in [-0.25, -0.2) is 0 Å². The average molecular weight is 461 g/mol. The lowest BCUT2D eigenvalue weighted by molar-refractivity contribution is -0.118. The lowest BCUT2D eigenvalue weighted by Gasteiger charge is -2.21. The van der Waals surface area contributed by atoms with E-state index in [2.05, 4.69) is 26.6 Å². The molecule has 2 amide bonds. The van der Waals surface area contributed by atoms with Crippen molar-refractivity contribution in [3.05, 3.63) is 58.6 Å². The second-order valence-electron chi connectivity index (χ2n) is 7.06. The first-order valence-electron chi connectivity index (χ1n) is 9.67. The minimum atomic E-state index is -0.177. The number of carbonyl (C=O) groups is 2. The molecule has 0 unspecified atom stereocenters. The molecule has 2 aromatic carbocycles. The van der Waals surface area contributed by atoms with Crippen LogP contribution in [0.4, 0.5) is 5.69 Å². The van der Waals surface area contributed by atoms with Crippen molar-refractivity contribution in [2.45, 2.75) is 37.0 Å². The molecule has 1 aliphatic carbocycles. The number of rotatable bonds is 7. The first-order chi connectivity index (χ1) is 13.6. The molecule has 1 saturated carbocycles. The topological polar surface area (TPSA) is 58.2 Å². The highest BCUT2D eigenvalue weighted by Gasteiger charge is 2.16. The van der Waals surface area contributed by atoms with Gasteiger partial charge in [0.05, 0.1) is 11.3 Å². The van der Waals surface area contributed by atoms with Gasteiger partial charge in [0.1, 0.15) is 0 Å². The zero-order valence-electron chi connectivity index (χ0n) is 15.7. The van der Waals surface area contributed by atoms with Crippen LogP contribution in [0.1, 0.15) is 42.5 Å². The third kappa shape index (κ3) is 6.38. The molecule has 6 heteroatoms. The van der Waals surface area contributed by atoms with E-state index in [0.29, 0.717) is 17.2 Å². The predicted octanol–water partition coefficient (Wildman–Crippen LogP) is 5.49. The Morgan fingerprint density at radius 2 is 1.82 bits per heavy atom. The predicted molar refractivity (Wildman–Crippen MR) is 119 cm³/mol. The van der Waals surface area contributed by atoms with E-state index in [9.17, 15) is 9.59 Å². The molecule has 28 heavy (non-hydrogen) atoms. The number of carbonyl (C=O) groups excluding carboxylic acids is 2. The highest BCUT2D eigenvalue weighted by molar-refractivity contribution is 9.10. The summed E-state index contributed by atoms with van der Waals surface area (Å²) in [6.07, 6.45) is 6.29. The van der Waals surface area contributed by atoms with Gasteiger partial charge in [0.2, 0.25) is 5.91 Å². The minimum Gasteiger partial charge on any atom is -0.355 e. The monoisotopic (exact) mass is 460 g/mol. The molecule has 0 spiro atoms. The Morgan fingerprint density at radius 1 is 1.04 bits per heavy atom. The molecule has 0 radical (unpaired) electrons. The van der Waals surface area contributed by atoms with E-state index in [0.717, 1.165) is 21.6 Å². The summed E-state index contributed by atoms with van der Waals surface area (Å²) in [5.74, 6) is 0.779. The van der Waals surface area contributed by atoms with Crippen molar-refractivity contribution < 1.29 is 9.59 Å². The van der Waals surface area contributed by atoms with E-state index in [1.807, 2.05) is 42.5 Å². The smallest absolute Gasteiger partial charge is 0.256 e. The molecule has 4 nitrogen and oxygen atoms in total. The quantitative estimate of drug-likeness (QED) is 0.536. The van der Waals surface area contributed by atoms with Gasteiger partial charge in [-0.3, -0.25) is 9.59 Å². The molecule has 2 aromatic rings. The first-order valence-corrected chi connectivity index (χ1v) is 11.4. The molecule has 3 rings (SSSR count). The first kappa shape index (κ1) is 20.9. The molecule has 1 aliphatic rings. The number of thioether (sulfide) groups is 1. The van der Waals surface area contributed by atoms with Crippen molar-refractivity contribution >= 4 is 45.2 Å². The third-order valence-electron chi connectivity index (χ3n) is 4.89. The second-order valence-corrected chi connectivity index (χ2v) is 8.99. The fraction of sp³-hybridized carbons (Fsp3) is 0.364. The fourth-order valence-electron chi connectivity index (χ4n) is 3.39. The lowest BCUT2D eigenvalue weighted by atomic mass is 9.89. The summed E-state index contributed by atoms with van der Waals surface area (Å²) in [5, 5.41) is 5.96.